The van der Waals surface area contributed by atoms with Crippen molar-refractivity contribution in [2.45, 2.75) is 122 Å². The number of quaternary nitrogens is 1. The Morgan fingerprint density at radius 1 is 0.565 bits per heavy atom. The van der Waals surface area contributed by atoms with Crippen LogP contribution < -0.4 is 6.15 Å². The van der Waals surface area contributed by atoms with Crippen LogP contribution in [0.4, 0.5) is 0 Å². The minimum absolute atomic E-state index is 0. The average Bonchev–Trinajstić information content (AvgIpc) is 2.50. The number of hydrogen-bond acceptors (Lipinski definition) is 1. The Balaban J connectivity index is 0. The van der Waals surface area contributed by atoms with E-state index in [1.807, 2.05) is 0 Å². The highest BCUT2D eigenvalue weighted by molar-refractivity contribution is 5.66. The predicted octanol–water partition coefficient (Wildman–Crippen LogP) is 7.49. The molecule has 0 rings (SSSR count). The predicted molar refractivity (Wildman–Crippen MR) is 102 cm³/mol. The summed E-state index contributed by atoms with van der Waals surface area (Å²) in [5.41, 5.74) is 0. The molecule has 0 aliphatic rings. The molecular weight excluding hydrogens is 286 g/mol. The van der Waals surface area contributed by atoms with Crippen LogP contribution in [0.1, 0.15) is 122 Å². The van der Waals surface area contributed by atoms with Crippen LogP contribution in [0.5, 0.6) is 0 Å². The second-order valence-corrected chi connectivity index (χ2v) is 6.80. The molecule has 0 unspecified atom stereocenters. The van der Waals surface area contributed by atoms with Gasteiger partial charge < -0.3 is 11.3 Å². The molecule has 140 valence electrons. The lowest BCUT2D eigenvalue weighted by Crippen LogP contribution is -1.93. The normalized spacial score (nSPS) is 10.5. The number of aliphatic carboxylic acids is 1. The van der Waals surface area contributed by atoms with Gasteiger partial charge in [-0.2, -0.15) is 0 Å². The fourth-order valence-corrected chi connectivity index (χ4v) is 3.00. The van der Waals surface area contributed by atoms with Gasteiger partial charge in [0.15, 0.2) is 0 Å². The minimum Gasteiger partial charge on any atom is -0.481 e. The smallest absolute Gasteiger partial charge is 0.303 e. The number of rotatable bonds is 18. The zero-order valence-electron chi connectivity index (χ0n) is 16.1. The van der Waals surface area contributed by atoms with Crippen LogP contribution in [0, 0.1) is 0 Å². The lowest BCUT2D eigenvalue weighted by atomic mass is 10.0. The molecule has 0 aromatic rings. The summed E-state index contributed by atoms with van der Waals surface area (Å²) < 4.78 is 0. The van der Waals surface area contributed by atoms with E-state index in [1.54, 1.807) is 0 Å². The molecule has 0 aliphatic carbocycles. The number of unbranched alkanes of at least 4 members (excludes halogenated alkanes) is 16. The van der Waals surface area contributed by atoms with Crippen LogP contribution in [0.3, 0.4) is 0 Å². The number of carboxylic acid groups (broad SMARTS) is 1. The molecule has 0 amide bonds. The third-order valence-electron chi connectivity index (χ3n) is 4.49. The second kappa shape index (κ2) is 21.4. The molecule has 0 radical (unpaired) electrons. The molecule has 5 N–H and O–H groups in total. The fourth-order valence-electron chi connectivity index (χ4n) is 3.00. The van der Waals surface area contributed by atoms with Crippen molar-refractivity contribution in [2.75, 3.05) is 0 Å². The van der Waals surface area contributed by atoms with E-state index in [2.05, 4.69) is 6.92 Å². The first-order valence-corrected chi connectivity index (χ1v) is 9.99. The molecule has 23 heavy (non-hydrogen) atoms. The van der Waals surface area contributed by atoms with Gasteiger partial charge in [-0.1, -0.05) is 110 Å². The first-order valence-electron chi connectivity index (χ1n) is 9.99. The van der Waals surface area contributed by atoms with Gasteiger partial charge >= 0.3 is 5.97 Å². The molecule has 0 bridgehead atoms. The molecule has 0 aromatic heterocycles. The zero-order chi connectivity index (χ0) is 16.3. The van der Waals surface area contributed by atoms with Crippen molar-refractivity contribution in [3.63, 3.8) is 0 Å². The Bertz CT molecular complexity index is 232. The van der Waals surface area contributed by atoms with Crippen LogP contribution in [0.25, 0.3) is 0 Å². The highest BCUT2D eigenvalue weighted by Gasteiger charge is 1.97. The summed E-state index contributed by atoms with van der Waals surface area (Å²) in [5, 5.41) is 8.54. The van der Waals surface area contributed by atoms with Gasteiger partial charge in [0.1, 0.15) is 0 Å². The van der Waals surface area contributed by atoms with Crippen molar-refractivity contribution in [3.05, 3.63) is 0 Å². The maximum Gasteiger partial charge on any atom is 0.303 e. The number of carboxylic acids is 1. The third-order valence-corrected chi connectivity index (χ3v) is 4.49. The van der Waals surface area contributed by atoms with Crippen molar-refractivity contribution in [1.29, 1.82) is 0 Å². The Kier molecular flexibility index (Phi) is 23.0. The summed E-state index contributed by atoms with van der Waals surface area (Å²) in [6.07, 6.45) is 23.1. The van der Waals surface area contributed by atoms with Gasteiger partial charge in [-0.15, -0.1) is 0 Å². The average molecular weight is 331 g/mol. The second-order valence-electron chi connectivity index (χ2n) is 6.80. The lowest BCUT2D eigenvalue weighted by Gasteiger charge is -2.03. The van der Waals surface area contributed by atoms with E-state index in [0.29, 0.717) is 6.42 Å². The van der Waals surface area contributed by atoms with Crippen molar-refractivity contribution in [2.24, 2.45) is 0 Å². The van der Waals surface area contributed by atoms with E-state index in [4.69, 9.17) is 5.11 Å². The first-order chi connectivity index (χ1) is 10.8. The molecule has 0 saturated carbocycles. The topological polar surface area (TPSA) is 73.8 Å². The van der Waals surface area contributed by atoms with Crippen LogP contribution in [0.2, 0.25) is 0 Å². The molecular formula is C20H44NO2+. The standard InChI is InChI=1S/C20H40O2.H3N/c1-2-3-4-5-6-7-8-9-10-11-12-13-14-15-16-17-18-19-20(21)22;/h2-19H2,1H3,(H,21,22);1H3/p+1. The van der Waals surface area contributed by atoms with Crippen molar-refractivity contribution < 1.29 is 9.90 Å². The maximum absolute atomic E-state index is 10.4. The van der Waals surface area contributed by atoms with Crippen molar-refractivity contribution in [3.8, 4) is 0 Å². The Labute approximate surface area is 145 Å². The van der Waals surface area contributed by atoms with E-state index in [1.165, 1.54) is 96.3 Å². The highest BCUT2D eigenvalue weighted by atomic mass is 16.4. The van der Waals surface area contributed by atoms with E-state index in [0.717, 1.165) is 12.8 Å². The van der Waals surface area contributed by atoms with Gasteiger partial charge in [0.05, 0.1) is 0 Å². The van der Waals surface area contributed by atoms with Crippen LogP contribution >= 0.6 is 0 Å². The van der Waals surface area contributed by atoms with Gasteiger partial charge in [0.25, 0.3) is 0 Å². The number of hydrogen-bond donors (Lipinski definition) is 2. The molecule has 0 aliphatic heterocycles. The highest BCUT2D eigenvalue weighted by Crippen LogP contribution is 2.14. The van der Waals surface area contributed by atoms with E-state index < -0.39 is 5.97 Å². The monoisotopic (exact) mass is 330 g/mol. The summed E-state index contributed by atoms with van der Waals surface area (Å²) in [6.45, 7) is 2.28. The summed E-state index contributed by atoms with van der Waals surface area (Å²) in [6, 6.07) is 0. The molecule has 0 spiro atoms. The molecule has 0 heterocycles. The van der Waals surface area contributed by atoms with E-state index in [9.17, 15) is 4.79 Å². The molecule has 3 heteroatoms. The Morgan fingerprint density at radius 2 is 0.826 bits per heavy atom. The van der Waals surface area contributed by atoms with E-state index >= 15 is 0 Å². The first kappa shape index (κ1) is 24.7. The van der Waals surface area contributed by atoms with Crippen LogP contribution in [-0.4, -0.2) is 11.1 Å². The minimum atomic E-state index is -0.652. The van der Waals surface area contributed by atoms with Gasteiger partial charge in [-0.25, -0.2) is 0 Å². The van der Waals surface area contributed by atoms with Gasteiger partial charge in [-0.05, 0) is 6.42 Å². The van der Waals surface area contributed by atoms with Crippen LogP contribution in [0.15, 0.2) is 0 Å². The molecule has 0 atom stereocenters. The Morgan fingerprint density at radius 3 is 1.09 bits per heavy atom. The fraction of sp³-hybridized carbons (Fsp3) is 0.950. The van der Waals surface area contributed by atoms with Gasteiger partial charge in [0, 0.05) is 6.42 Å². The van der Waals surface area contributed by atoms with Crippen molar-refractivity contribution in [1.82, 2.24) is 6.15 Å². The largest absolute Gasteiger partial charge is 0.481 e. The summed E-state index contributed by atoms with van der Waals surface area (Å²) in [7, 11) is 0. The molecule has 3 nitrogen and oxygen atoms in total. The summed E-state index contributed by atoms with van der Waals surface area (Å²) >= 11 is 0. The Hall–Kier alpha value is -0.570. The van der Waals surface area contributed by atoms with Crippen molar-refractivity contribution >= 4 is 5.97 Å². The van der Waals surface area contributed by atoms with E-state index in [-0.39, 0.29) is 6.15 Å². The molecule has 0 aromatic carbocycles. The SMILES string of the molecule is CCCCCCCCCCCCCCCCCCCC(=O)O.[NH4+]. The van der Waals surface area contributed by atoms with Crippen LogP contribution in [-0.2, 0) is 4.79 Å². The summed E-state index contributed by atoms with van der Waals surface area (Å²) in [5.74, 6) is -0.652. The summed E-state index contributed by atoms with van der Waals surface area (Å²) in [4.78, 5) is 10.4. The third kappa shape index (κ3) is 23.8. The lowest BCUT2D eigenvalue weighted by molar-refractivity contribution is -0.137. The van der Waals surface area contributed by atoms with Gasteiger partial charge in [-0.3, -0.25) is 4.79 Å². The molecule has 0 saturated heterocycles. The number of carbonyl (C=O) groups is 1. The zero-order valence-corrected chi connectivity index (χ0v) is 16.1. The maximum atomic E-state index is 10.4. The quantitative estimate of drug-likeness (QED) is 0.255. The van der Waals surface area contributed by atoms with Gasteiger partial charge in [0.2, 0.25) is 0 Å². The molecule has 0 fully saturated rings.